The number of β-amino-alcohol motifs (C(OH)–C–C–N with tert-alkyl or cyclic N) is 1. The molecule has 1 saturated heterocycles. The fraction of sp³-hybridized carbons (Fsp3) is 0.909. The third kappa shape index (κ3) is 4.47. The molecule has 1 atom stereocenters. The van der Waals surface area contributed by atoms with Gasteiger partial charge in [-0.1, -0.05) is 6.92 Å². The summed E-state index contributed by atoms with van der Waals surface area (Å²) < 4.78 is 4.63. The van der Waals surface area contributed by atoms with Crippen LogP contribution in [0.2, 0.25) is 0 Å². The van der Waals surface area contributed by atoms with Gasteiger partial charge in [-0.15, -0.1) is 0 Å². The van der Waals surface area contributed by atoms with E-state index in [0.29, 0.717) is 6.54 Å². The Morgan fingerprint density at radius 3 is 2.38 bits per heavy atom. The van der Waals surface area contributed by atoms with Crippen LogP contribution in [0.1, 0.15) is 13.3 Å². The van der Waals surface area contributed by atoms with Crippen molar-refractivity contribution in [1.82, 2.24) is 9.80 Å². The molecule has 0 bridgehead atoms. The van der Waals surface area contributed by atoms with E-state index in [-0.39, 0.29) is 12.1 Å². The highest BCUT2D eigenvalue weighted by Gasteiger charge is 2.20. The second-order valence-corrected chi connectivity index (χ2v) is 4.21. The number of piperazine rings is 1. The Bertz CT molecular complexity index is 215. The topological polar surface area (TPSA) is 53.0 Å². The van der Waals surface area contributed by atoms with E-state index in [1.165, 1.54) is 7.11 Å². The van der Waals surface area contributed by atoms with E-state index in [0.717, 1.165) is 39.1 Å². The molecule has 1 aliphatic rings. The van der Waals surface area contributed by atoms with Gasteiger partial charge in [-0.3, -0.25) is 14.6 Å². The molecule has 0 aromatic heterocycles. The van der Waals surface area contributed by atoms with E-state index < -0.39 is 0 Å². The second-order valence-electron chi connectivity index (χ2n) is 4.21. The molecule has 1 N–H and O–H groups in total. The highest BCUT2D eigenvalue weighted by molar-refractivity contribution is 5.71. The Labute approximate surface area is 97.0 Å². The zero-order chi connectivity index (χ0) is 12.0. The van der Waals surface area contributed by atoms with Crippen molar-refractivity contribution in [2.24, 2.45) is 0 Å². The van der Waals surface area contributed by atoms with Crippen LogP contribution < -0.4 is 0 Å². The second kappa shape index (κ2) is 6.83. The number of hydrogen-bond donors (Lipinski definition) is 1. The number of aliphatic hydroxyl groups is 1. The van der Waals surface area contributed by atoms with Crippen molar-refractivity contribution in [2.75, 3.05) is 46.4 Å². The predicted octanol–water partition coefficient (Wildman–Crippen LogP) is -0.452. The van der Waals surface area contributed by atoms with Gasteiger partial charge in [0.1, 0.15) is 0 Å². The smallest absolute Gasteiger partial charge is 0.319 e. The van der Waals surface area contributed by atoms with Crippen molar-refractivity contribution >= 4 is 5.97 Å². The Morgan fingerprint density at radius 2 is 1.88 bits per heavy atom. The highest BCUT2D eigenvalue weighted by Crippen LogP contribution is 2.04. The summed E-state index contributed by atoms with van der Waals surface area (Å²) >= 11 is 0. The molecule has 5 nitrogen and oxygen atoms in total. The summed E-state index contributed by atoms with van der Waals surface area (Å²) in [5, 5.41) is 9.53. The van der Waals surface area contributed by atoms with Crippen molar-refractivity contribution in [3.63, 3.8) is 0 Å². The van der Waals surface area contributed by atoms with Crippen LogP contribution in [0, 0.1) is 0 Å². The lowest BCUT2D eigenvalue weighted by molar-refractivity contribution is -0.142. The number of nitrogens with zero attached hydrogens (tertiary/aromatic N) is 2. The van der Waals surface area contributed by atoms with Crippen LogP contribution in [0.15, 0.2) is 0 Å². The zero-order valence-corrected chi connectivity index (χ0v) is 10.2. The van der Waals surface area contributed by atoms with E-state index in [4.69, 9.17) is 0 Å². The molecular formula is C11H22N2O3. The molecule has 1 fully saturated rings. The van der Waals surface area contributed by atoms with Gasteiger partial charge in [0.25, 0.3) is 0 Å². The van der Waals surface area contributed by atoms with E-state index in [1.807, 2.05) is 6.92 Å². The first-order valence-electron chi connectivity index (χ1n) is 5.85. The number of ether oxygens (including phenoxy) is 1. The molecular weight excluding hydrogens is 208 g/mol. The monoisotopic (exact) mass is 230 g/mol. The molecule has 1 heterocycles. The first-order valence-corrected chi connectivity index (χ1v) is 5.85. The van der Waals surface area contributed by atoms with Crippen molar-refractivity contribution in [2.45, 2.75) is 19.4 Å². The van der Waals surface area contributed by atoms with Crippen molar-refractivity contribution in [3.05, 3.63) is 0 Å². The maximum atomic E-state index is 11.1. The summed E-state index contributed by atoms with van der Waals surface area (Å²) in [5.41, 5.74) is 0. The molecule has 16 heavy (non-hydrogen) atoms. The summed E-state index contributed by atoms with van der Waals surface area (Å²) in [6, 6.07) is 0. The average Bonchev–Trinajstić information content (AvgIpc) is 2.31. The van der Waals surface area contributed by atoms with Gasteiger partial charge in [-0.2, -0.15) is 0 Å². The van der Waals surface area contributed by atoms with Crippen LogP contribution in [0.25, 0.3) is 0 Å². The standard InChI is InChI=1S/C11H22N2O3/c1-3-10(14)8-12-4-6-13(7-5-12)9-11(15)16-2/h10,14H,3-9H2,1-2H3/t10-/m1/s1. The van der Waals surface area contributed by atoms with Gasteiger partial charge in [0, 0.05) is 32.7 Å². The number of esters is 1. The van der Waals surface area contributed by atoms with Gasteiger partial charge < -0.3 is 9.84 Å². The third-order valence-electron chi connectivity index (χ3n) is 2.99. The lowest BCUT2D eigenvalue weighted by Gasteiger charge is -2.34. The van der Waals surface area contributed by atoms with Crippen LogP contribution in [-0.2, 0) is 9.53 Å². The maximum Gasteiger partial charge on any atom is 0.319 e. The molecule has 0 amide bonds. The number of methoxy groups -OCH3 is 1. The lowest BCUT2D eigenvalue weighted by atomic mass is 10.2. The Morgan fingerprint density at radius 1 is 1.31 bits per heavy atom. The van der Waals surface area contributed by atoms with Crippen LogP contribution in [0.5, 0.6) is 0 Å². The predicted molar refractivity (Wildman–Crippen MR) is 61.2 cm³/mol. The molecule has 0 radical (unpaired) electrons. The SMILES string of the molecule is CC[C@@H](O)CN1CCN(CC(=O)OC)CC1. The average molecular weight is 230 g/mol. The number of carbonyl (C=O) groups is 1. The minimum Gasteiger partial charge on any atom is -0.468 e. The molecule has 0 aromatic carbocycles. The van der Waals surface area contributed by atoms with E-state index in [1.54, 1.807) is 0 Å². The fourth-order valence-corrected chi connectivity index (χ4v) is 1.80. The summed E-state index contributed by atoms with van der Waals surface area (Å²) in [7, 11) is 1.41. The maximum absolute atomic E-state index is 11.1. The first-order chi connectivity index (χ1) is 7.65. The largest absolute Gasteiger partial charge is 0.468 e. The molecule has 0 saturated carbocycles. The van der Waals surface area contributed by atoms with Crippen molar-refractivity contribution in [1.29, 1.82) is 0 Å². The molecule has 0 aromatic rings. The lowest BCUT2D eigenvalue weighted by Crippen LogP contribution is -2.49. The van der Waals surface area contributed by atoms with Crippen molar-refractivity contribution < 1.29 is 14.6 Å². The van der Waals surface area contributed by atoms with E-state index in [9.17, 15) is 9.90 Å². The number of carbonyl (C=O) groups excluding carboxylic acids is 1. The minimum absolute atomic E-state index is 0.179. The third-order valence-corrected chi connectivity index (χ3v) is 2.99. The summed E-state index contributed by atoms with van der Waals surface area (Å²) in [6.07, 6.45) is 0.565. The van der Waals surface area contributed by atoms with Gasteiger partial charge in [-0.25, -0.2) is 0 Å². The molecule has 1 aliphatic heterocycles. The van der Waals surface area contributed by atoms with Gasteiger partial charge in [0.15, 0.2) is 0 Å². The van der Waals surface area contributed by atoms with E-state index in [2.05, 4.69) is 14.5 Å². The Kier molecular flexibility index (Phi) is 5.73. The number of aliphatic hydroxyl groups excluding tert-OH is 1. The van der Waals surface area contributed by atoms with Gasteiger partial charge >= 0.3 is 5.97 Å². The fourth-order valence-electron chi connectivity index (χ4n) is 1.80. The molecule has 1 rings (SSSR count). The molecule has 94 valence electrons. The zero-order valence-electron chi connectivity index (χ0n) is 10.2. The molecule has 5 heteroatoms. The summed E-state index contributed by atoms with van der Waals surface area (Å²) in [6.45, 7) is 6.65. The summed E-state index contributed by atoms with van der Waals surface area (Å²) in [5.74, 6) is -0.179. The number of hydrogen-bond acceptors (Lipinski definition) is 5. The van der Waals surface area contributed by atoms with E-state index >= 15 is 0 Å². The van der Waals surface area contributed by atoms with Gasteiger partial charge in [0.05, 0.1) is 19.8 Å². The van der Waals surface area contributed by atoms with Gasteiger partial charge in [-0.05, 0) is 6.42 Å². The molecule has 0 unspecified atom stereocenters. The number of rotatable bonds is 5. The quantitative estimate of drug-likeness (QED) is 0.648. The highest BCUT2D eigenvalue weighted by atomic mass is 16.5. The Balaban J connectivity index is 2.20. The Hall–Kier alpha value is -0.650. The molecule has 0 spiro atoms. The minimum atomic E-state index is -0.229. The normalized spacial score (nSPS) is 20.7. The van der Waals surface area contributed by atoms with Crippen LogP contribution >= 0.6 is 0 Å². The van der Waals surface area contributed by atoms with Crippen LogP contribution in [0.3, 0.4) is 0 Å². The first kappa shape index (κ1) is 13.4. The van der Waals surface area contributed by atoms with Gasteiger partial charge in [0.2, 0.25) is 0 Å². The van der Waals surface area contributed by atoms with Crippen molar-refractivity contribution in [3.8, 4) is 0 Å². The van der Waals surface area contributed by atoms with Crippen LogP contribution in [-0.4, -0.2) is 73.4 Å². The summed E-state index contributed by atoms with van der Waals surface area (Å²) in [4.78, 5) is 15.4. The van der Waals surface area contributed by atoms with Crippen LogP contribution in [0.4, 0.5) is 0 Å². The molecule has 0 aliphatic carbocycles.